The molecular weight excluding hydrogens is 384 g/mol. The molecule has 1 amide bonds. The van der Waals surface area contributed by atoms with Gasteiger partial charge < -0.3 is 25.4 Å². The summed E-state index contributed by atoms with van der Waals surface area (Å²) in [6, 6.07) is 2.81. The van der Waals surface area contributed by atoms with Crippen LogP contribution in [0.2, 0.25) is 0 Å². The second kappa shape index (κ2) is 8.42. The van der Waals surface area contributed by atoms with E-state index in [1.165, 1.54) is 29.4 Å². The quantitative estimate of drug-likeness (QED) is 0.720. The summed E-state index contributed by atoms with van der Waals surface area (Å²) < 4.78 is 40.1. The number of hydrogen-bond acceptors (Lipinski definition) is 7. The molecule has 3 N–H and O–H groups in total. The van der Waals surface area contributed by atoms with Gasteiger partial charge in [0.15, 0.2) is 11.6 Å². The molecule has 1 aromatic rings. The second-order valence-electron chi connectivity index (χ2n) is 7.36. The van der Waals surface area contributed by atoms with Crippen molar-refractivity contribution in [3.8, 4) is 0 Å². The highest BCUT2D eigenvalue weighted by Crippen LogP contribution is 2.31. The normalized spacial score (nSPS) is 23.5. The third kappa shape index (κ3) is 4.08. The number of cyclic esters (lactones) is 1. The van der Waals surface area contributed by atoms with Crippen LogP contribution in [0.3, 0.4) is 0 Å². The van der Waals surface area contributed by atoms with Crippen molar-refractivity contribution in [3.63, 3.8) is 0 Å². The molecule has 3 aliphatic rings. The van der Waals surface area contributed by atoms with E-state index in [1.54, 1.807) is 4.90 Å². The van der Waals surface area contributed by atoms with Crippen LogP contribution in [0.15, 0.2) is 24.5 Å². The minimum atomic E-state index is -0.680. The molecule has 1 atom stereocenters. The van der Waals surface area contributed by atoms with Crippen molar-refractivity contribution in [1.82, 2.24) is 10.2 Å². The van der Waals surface area contributed by atoms with Gasteiger partial charge in [0.1, 0.15) is 11.8 Å². The highest BCUT2D eigenvalue weighted by atomic mass is 19.1. The molecule has 0 bridgehead atoms. The summed E-state index contributed by atoms with van der Waals surface area (Å²) in [5, 5.41) is 2.89. The standard InChI is InChI=1S/C19H25F2N5O3/c20-16-7-13(26-10-15(29-19(26)27)9-23-2-1-22)8-17(21)18(16)25-5-3-24(4-6-25)14-11-28-12-14/h1-2,7-8,14-15,23H,3-6,9-12,22H2/b2-1-. The lowest BCUT2D eigenvalue weighted by molar-refractivity contribution is -0.0661. The van der Waals surface area contributed by atoms with Gasteiger partial charge in [-0.25, -0.2) is 13.6 Å². The van der Waals surface area contributed by atoms with Crippen LogP contribution in [-0.2, 0) is 9.47 Å². The van der Waals surface area contributed by atoms with Crippen molar-refractivity contribution in [2.75, 3.05) is 62.3 Å². The summed E-state index contributed by atoms with van der Waals surface area (Å²) in [5.41, 5.74) is 5.35. The fraction of sp³-hybridized carbons (Fsp3) is 0.526. The molecule has 8 nitrogen and oxygen atoms in total. The van der Waals surface area contributed by atoms with Crippen LogP contribution in [0.4, 0.5) is 25.0 Å². The number of halogens is 2. The van der Waals surface area contributed by atoms with Gasteiger partial charge in [0.2, 0.25) is 0 Å². The zero-order valence-electron chi connectivity index (χ0n) is 16.0. The number of amides is 1. The van der Waals surface area contributed by atoms with E-state index in [4.69, 9.17) is 15.2 Å². The number of nitrogens with two attached hydrogens (primary N) is 1. The number of nitrogens with zero attached hydrogens (tertiary/aromatic N) is 3. The number of carbonyl (C=O) groups is 1. The fourth-order valence-electron chi connectivity index (χ4n) is 3.86. The van der Waals surface area contributed by atoms with Crippen molar-refractivity contribution < 1.29 is 23.0 Å². The molecule has 1 unspecified atom stereocenters. The number of benzene rings is 1. The lowest BCUT2D eigenvalue weighted by Crippen LogP contribution is -2.56. The van der Waals surface area contributed by atoms with E-state index in [1.807, 2.05) is 0 Å². The van der Waals surface area contributed by atoms with Crippen LogP contribution < -0.4 is 20.9 Å². The predicted molar refractivity (Wildman–Crippen MR) is 104 cm³/mol. The molecule has 3 heterocycles. The Morgan fingerprint density at radius 3 is 2.45 bits per heavy atom. The van der Waals surface area contributed by atoms with Crippen molar-refractivity contribution >= 4 is 17.5 Å². The van der Waals surface area contributed by atoms with E-state index in [9.17, 15) is 13.6 Å². The van der Waals surface area contributed by atoms with Crippen molar-refractivity contribution in [2.45, 2.75) is 12.1 Å². The number of piperazine rings is 1. The Morgan fingerprint density at radius 1 is 1.17 bits per heavy atom. The maximum Gasteiger partial charge on any atom is 0.414 e. The first-order valence-electron chi connectivity index (χ1n) is 9.71. The van der Waals surface area contributed by atoms with Crippen LogP contribution in [-0.4, -0.2) is 75.6 Å². The average Bonchev–Trinajstić information content (AvgIpc) is 3.02. The Balaban J connectivity index is 1.43. The number of rotatable bonds is 6. The van der Waals surface area contributed by atoms with Crippen LogP contribution in [0.5, 0.6) is 0 Å². The largest absolute Gasteiger partial charge is 0.442 e. The zero-order chi connectivity index (χ0) is 20.4. The molecule has 1 aromatic carbocycles. The molecule has 158 valence electrons. The Kier molecular flexibility index (Phi) is 5.72. The Hall–Kier alpha value is -2.59. The highest BCUT2D eigenvalue weighted by molar-refractivity contribution is 5.90. The van der Waals surface area contributed by atoms with Crippen molar-refractivity contribution in [2.24, 2.45) is 5.73 Å². The van der Waals surface area contributed by atoms with Crippen LogP contribution in [0.25, 0.3) is 0 Å². The molecule has 0 saturated carbocycles. The lowest BCUT2D eigenvalue weighted by Gasteiger charge is -2.43. The maximum absolute atomic E-state index is 14.8. The smallest absolute Gasteiger partial charge is 0.414 e. The molecular formula is C19H25F2N5O3. The van der Waals surface area contributed by atoms with Crippen LogP contribution in [0, 0.1) is 11.6 Å². The Morgan fingerprint density at radius 2 is 1.86 bits per heavy atom. The molecule has 3 saturated heterocycles. The van der Waals surface area contributed by atoms with Gasteiger partial charge in [-0.05, 0) is 0 Å². The molecule has 3 fully saturated rings. The molecule has 3 aliphatic heterocycles. The van der Waals surface area contributed by atoms with Gasteiger partial charge in [-0.3, -0.25) is 9.80 Å². The summed E-state index contributed by atoms with van der Waals surface area (Å²) in [7, 11) is 0. The minimum absolute atomic E-state index is 0.0443. The van der Waals surface area contributed by atoms with E-state index in [0.717, 1.165) is 26.3 Å². The number of nitrogens with one attached hydrogen (secondary N) is 1. The molecule has 0 spiro atoms. The van der Waals surface area contributed by atoms with Crippen LogP contribution >= 0.6 is 0 Å². The molecule has 0 aliphatic carbocycles. The van der Waals surface area contributed by atoms with Gasteiger partial charge >= 0.3 is 6.09 Å². The van der Waals surface area contributed by atoms with E-state index in [2.05, 4.69) is 10.2 Å². The summed E-state index contributed by atoms with van der Waals surface area (Å²) in [6.07, 6.45) is 1.80. The summed E-state index contributed by atoms with van der Waals surface area (Å²) in [6.45, 7) is 4.55. The predicted octanol–water partition coefficient (Wildman–Crippen LogP) is 0.830. The number of hydrogen-bond donors (Lipinski definition) is 2. The van der Waals surface area contributed by atoms with Gasteiger partial charge in [0.05, 0.1) is 38.0 Å². The summed E-state index contributed by atoms with van der Waals surface area (Å²) in [5.74, 6) is -1.36. The summed E-state index contributed by atoms with van der Waals surface area (Å²) >= 11 is 0. The molecule has 4 rings (SSSR count). The number of anilines is 2. The Bertz CT molecular complexity index is 758. The Labute approximate surface area is 167 Å². The molecule has 29 heavy (non-hydrogen) atoms. The number of ether oxygens (including phenoxy) is 2. The van der Waals surface area contributed by atoms with Gasteiger partial charge in [-0.15, -0.1) is 0 Å². The first-order chi connectivity index (χ1) is 14.1. The monoisotopic (exact) mass is 409 g/mol. The molecule has 10 heteroatoms. The van der Waals surface area contributed by atoms with Crippen LogP contribution in [0.1, 0.15) is 0 Å². The van der Waals surface area contributed by atoms with Gasteiger partial charge in [0.25, 0.3) is 0 Å². The van der Waals surface area contributed by atoms with E-state index >= 15 is 0 Å². The molecule has 0 aromatic heterocycles. The lowest BCUT2D eigenvalue weighted by atomic mass is 10.1. The first-order valence-corrected chi connectivity index (χ1v) is 9.71. The topological polar surface area (TPSA) is 83.3 Å². The fourth-order valence-corrected chi connectivity index (χ4v) is 3.86. The van der Waals surface area contributed by atoms with Crippen molar-refractivity contribution in [1.29, 1.82) is 0 Å². The van der Waals surface area contributed by atoms with E-state index in [-0.39, 0.29) is 17.9 Å². The van der Waals surface area contributed by atoms with Gasteiger partial charge in [-0.1, -0.05) is 0 Å². The summed E-state index contributed by atoms with van der Waals surface area (Å²) in [4.78, 5) is 17.4. The van der Waals surface area contributed by atoms with E-state index < -0.39 is 23.8 Å². The second-order valence-corrected chi connectivity index (χ2v) is 7.36. The van der Waals surface area contributed by atoms with E-state index in [0.29, 0.717) is 25.7 Å². The zero-order valence-corrected chi connectivity index (χ0v) is 16.0. The average molecular weight is 409 g/mol. The maximum atomic E-state index is 14.8. The highest BCUT2D eigenvalue weighted by Gasteiger charge is 2.34. The van der Waals surface area contributed by atoms with Gasteiger partial charge in [-0.2, -0.15) is 0 Å². The first kappa shape index (κ1) is 19.7. The van der Waals surface area contributed by atoms with Gasteiger partial charge in [0, 0.05) is 50.7 Å². The third-order valence-electron chi connectivity index (χ3n) is 5.51. The SMILES string of the molecule is N/C=C\NCC1CN(c2cc(F)c(N3CCN(C4COC4)CC3)c(F)c2)C(=O)O1. The molecule has 0 radical (unpaired) electrons. The third-order valence-corrected chi connectivity index (χ3v) is 5.51. The minimum Gasteiger partial charge on any atom is -0.442 e. The van der Waals surface area contributed by atoms with Crippen molar-refractivity contribution in [3.05, 3.63) is 36.2 Å². The number of carbonyl (C=O) groups excluding carboxylic acids is 1.